The van der Waals surface area contributed by atoms with Crippen molar-refractivity contribution < 1.29 is 18.8 Å². The normalized spacial score (nSPS) is 15.2. The Bertz CT molecular complexity index is 677. The minimum atomic E-state index is 0.181. The van der Waals surface area contributed by atoms with Gasteiger partial charge in [-0.25, -0.2) is 0 Å². The molecule has 1 fully saturated rings. The summed E-state index contributed by atoms with van der Waals surface area (Å²) in [6, 6.07) is 5.06. The molecule has 0 N–H and O–H groups in total. The molecule has 6 nitrogen and oxygen atoms in total. The molecule has 0 amide bonds. The Morgan fingerprint density at radius 1 is 1.21 bits per heavy atom. The van der Waals surface area contributed by atoms with Crippen LogP contribution in [0.5, 0.6) is 11.5 Å². The second-order valence-electron chi connectivity index (χ2n) is 5.93. The highest BCUT2D eigenvalue weighted by molar-refractivity contribution is 5.76. The van der Waals surface area contributed by atoms with Crippen molar-refractivity contribution in [1.29, 1.82) is 0 Å². The molecule has 1 heterocycles. The fourth-order valence-electron chi connectivity index (χ4n) is 2.98. The average Bonchev–Trinajstić information content (AvgIpc) is 3.10. The topological polar surface area (TPSA) is 74.5 Å². The van der Waals surface area contributed by atoms with E-state index in [1.165, 1.54) is 19.3 Å². The molecule has 1 aliphatic rings. The highest BCUT2D eigenvalue weighted by Crippen LogP contribution is 2.31. The van der Waals surface area contributed by atoms with E-state index in [1.807, 2.05) is 6.92 Å². The van der Waals surface area contributed by atoms with Crippen LogP contribution in [-0.2, 0) is 6.61 Å². The molecular formula is C18H22N2O4. The van der Waals surface area contributed by atoms with Gasteiger partial charge in [0, 0.05) is 11.5 Å². The first-order chi connectivity index (χ1) is 11.8. The molecule has 24 heavy (non-hydrogen) atoms. The van der Waals surface area contributed by atoms with Gasteiger partial charge in [0.15, 0.2) is 23.9 Å². The van der Waals surface area contributed by atoms with Crippen molar-refractivity contribution in [2.24, 2.45) is 0 Å². The third-order valence-corrected chi connectivity index (χ3v) is 4.21. The van der Waals surface area contributed by atoms with Crippen LogP contribution in [0.1, 0.15) is 67.0 Å². The van der Waals surface area contributed by atoms with Gasteiger partial charge in [-0.2, -0.15) is 4.98 Å². The van der Waals surface area contributed by atoms with Crippen molar-refractivity contribution >= 4 is 6.29 Å². The van der Waals surface area contributed by atoms with Gasteiger partial charge in [-0.3, -0.25) is 4.79 Å². The lowest BCUT2D eigenvalue weighted by molar-refractivity contribution is 0.112. The first kappa shape index (κ1) is 16.5. The number of aromatic nitrogens is 2. The molecule has 6 heteroatoms. The number of benzene rings is 1. The van der Waals surface area contributed by atoms with E-state index in [1.54, 1.807) is 18.2 Å². The lowest BCUT2D eigenvalue weighted by Crippen LogP contribution is -2.06. The average molecular weight is 330 g/mol. The van der Waals surface area contributed by atoms with E-state index in [0.717, 1.165) is 25.0 Å². The molecule has 1 aromatic heterocycles. The second kappa shape index (κ2) is 7.95. The molecule has 1 aliphatic carbocycles. The standard InChI is InChI=1S/C18H22N2O4/c1-2-22-16-10-13(11-21)8-9-15(16)23-12-17-19-18(20-24-17)14-6-4-3-5-7-14/h8-11,14H,2-7,12H2,1H3. The molecule has 0 atom stereocenters. The van der Waals surface area contributed by atoms with Crippen LogP contribution in [0.2, 0.25) is 0 Å². The molecule has 0 bridgehead atoms. The smallest absolute Gasteiger partial charge is 0.264 e. The van der Waals surface area contributed by atoms with Crippen LogP contribution in [-0.4, -0.2) is 23.0 Å². The number of rotatable bonds is 7. The molecule has 3 rings (SSSR count). The summed E-state index contributed by atoms with van der Waals surface area (Å²) >= 11 is 0. The number of hydrogen-bond acceptors (Lipinski definition) is 6. The van der Waals surface area contributed by atoms with Gasteiger partial charge in [-0.05, 0) is 38.0 Å². The minimum absolute atomic E-state index is 0.181. The van der Waals surface area contributed by atoms with Crippen LogP contribution in [0.4, 0.5) is 0 Å². The molecule has 0 unspecified atom stereocenters. The van der Waals surface area contributed by atoms with Crippen LogP contribution in [0.3, 0.4) is 0 Å². The Labute approximate surface area is 141 Å². The Morgan fingerprint density at radius 3 is 2.79 bits per heavy atom. The molecule has 0 aliphatic heterocycles. The maximum Gasteiger partial charge on any atom is 0.264 e. The predicted molar refractivity (Wildman–Crippen MR) is 87.5 cm³/mol. The molecule has 1 aromatic carbocycles. The van der Waals surface area contributed by atoms with Crippen LogP contribution >= 0.6 is 0 Å². The van der Waals surface area contributed by atoms with Crippen molar-refractivity contribution in [3.8, 4) is 11.5 Å². The van der Waals surface area contributed by atoms with E-state index < -0.39 is 0 Å². The Morgan fingerprint density at radius 2 is 2.04 bits per heavy atom. The van der Waals surface area contributed by atoms with Crippen LogP contribution in [0.25, 0.3) is 0 Å². The monoisotopic (exact) mass is 330 g/mol. The SMILES string of the molecule is CCOc1cc(C=O)ccc1OCc1nc(C2CCCCC2)no1. The van der Waals surface area contributed by atoms with Crippen molar-refractivity contribution in [3.63, 3.8) is 0 Å². The quantitative estimate of drug-likeness (QED) is 0.717. The van der Waals surface area contributed by atoms with E-state index in [2.05, 4.69) is 10.1 Å². The van der Waals surface area contributed by atoms with Gasteiger partial charge >= 0.3 is 0 Å². The summed E-state index contributed by atoms with van der Waals surface area (Å²) in [4.78, 5) is 15.3. The minimum Gasteiger partial charge on any atom is -0.490 e. The van der Waals surface area contributed by atoms with Crippen LogP contribution < -0.4 is 9.47 Å². The third kappa shape index (κ3) is 3.93. The first-order valence-corrected chi connectivity index (χ1v) is 8.47. The molecule has 0 spiro atoms. The molecule has 2 aromatic rings. The predicted octanol–water partition coefficient (Wildman–Crippen LogP) is 3.91. The number of hydrogen-bond donors (Lipinski definition) is 0. The molecule has 128 valence electrons. The van der Waals surface area contributed by atoms with E-state index in [4.69, 9.17) is 14.0 Å². The van der Waals surface area contributed by atoms with Crippen molar-refractivity contribution in [2.45, 2.75) is 51.6 Å². The van der Waals surface area contributed by atoms with Gasteiger partial charge in [0.05, 0.1) is 6.61 Å². The van der Waals surface area contributed by atoms with Crippen LogP contribution in [0.15, 0.2) is 22.7 Å². The third-order valence-electron chi connectivity index (χ3n) is 4.21. The van der Waals surface area contributed by atoms with Crippen molar-refractivity contribution in [2.75, 3.05) is 6.61 Å². The van der Waals surface area contributed by atoms with E-state index in [9.17, 15) is 4.79 Å². The number of carbonyl (C=O) groups is 1. The van der Waals surface area contributed by atoms with E-state index in [0.29, 0.717) is 35.5 Å². The fraction of sp³-hybridized carbons (Fsp3) is 0.500. The van der Waals surface area contributed by atoms with Gasteiger partial charge in [-0.15, -0.1) is 0 Å². The largest absolute Gasteiger partial charge is 0.490 e. The van der Waals surface area contributed by atoms with Gasteiger partial charge in [0.1, 0.15) is 6.29 Å². The van der Waals surface area contributed by atoms with Crippen LogP contribution in [0, 0.1) is 0 Å². The Balaban J connectivity index is 1.65. The summed E-state index contributed by atoms with van der Waals surface area (Å²) in [6.07, 6.45) is 6.78. The van der Waals surface area contributed by atoms with Gasteiger partial charge < -0.3 is 14.0 Å². The Hall–Kier alpha value is -2.37. The molecule has 0 saturated heterocycles. The van der Waals surface area contributed by atoms with Gasteiger partial charge in [0.2, 0.25) is 0 Å². The summed E-state index contributed by atoms with van der Waals surface area (Å²) < 4.78 is 16.6. The summed E-state index contributed by atoms with van der Waals surface area (Å²) in [5.74, 6) is 2.74. The molecule has 0 radical (unpaired) electrons. The first-order valence-electron chi connectivity index (χ1n) is 8.47. The number of carbonyl (C=O) groups excluding carboxylic acids is 1. The van der Waals surface area contributed by atoms with Crippen molar-refractivity contribution in [3.05, 3.63) is 35.5 Å². The highest BCUT2D eigenvalue weighted by atomic mass is 16.5. The zero-order chi connectivity index (χ0) is 16.8. The second-order valence-corrected chi connectivity index (χ2v) is 5.93. The zero-order valence-corrected chi connectivity index (χ0v) is 13.9. The zero-order valence-electron chi connectivity index (χ0n) is 13.9. The Kier molecular flexibility index (Phi) is 5.46. The summed E-state index contributed by atoms with van der Waals surface area (Å²) in [7, 11) is 0. The molecular weight excluding hydrogens is 308 g/mol. The fourth-order valence-corrected chi connectivity index (χ4v) is 2.98. The number of nitrogens with zero attached hydrogens (tertiary/aromatic N) is 2. The summed E-state index contributed by atoms with van der Waals surface area (Å²) in [6.45, 7) is 2.55. The lowest BCUT2D eigenvalue weighted by atomic mass is 9.89. The summed E-state index contributed by atoms with van der Waals surface area (Å²) in [5, 5.41) is 4.09. The van der Waals surface area contributed by atoms with Gasteiger partial charge in [0.25, 0.3) is 5.89 Å². The highest BCUT2D eigenvalue weighted by Gasteiger charge is 2.21. The number of aldehydes is 1. The van der Waals surface area contributed by atoms with E-state index in [-0.39, 0.29) is 6.61 Å². The lowest BCUT2D eigenvalue weighted by Gasteiger charge is -2.17. The maximum absolute atomic E-state index is 10.9. The molecule has 1 saturated carbocycles. The summed E-state index contributed by atoms with van der Waals surface area (Å²) in [5.41, 5.74) is 0.545. The number of ether oxygens (including phenoxy) is 2. The maximum atomic E-state index is 10.9. The van der Waals surface area contributed by atoms with E-state index >= 15 is 0 Å². The van der Waals surface area contributed by atoms with Gasteiger partial charge in [-0.1, -0.05) is 24.4 Å². The van der Waals surface area contributed by atoms with Crippen molar-refractivity contribution in [1.82, 2.24) is 10.1 Å².